The lowest BCUT2D eigenvalue weighted by Gasteiger charge is -2.04. The molecule has 0 bridgehead atoms. The van der Waals surface area contributed by atoms with Crippen LogP contribution in [0.4, 0.5) is 0 Å². The minimum atomic E-state index is 0.265. The van der Waals surface area contributed by atoms with Crippen molar-refractivity contribution in [3.8, 4) is 5.88 Å². The molecule has 0 aliphatic heterocycles. The van der Waals surface area contributed by atoms with Crippen molar-refractivity contribution in [3.05, 3.63) is 18.1 Å². The van der Waals surface area contributed by atoms with Crippen LogP contribution in [0.3, 0.4) is 0 Å². The normalized spacial score (nSPS) is 10.5. The topological polar surface area (TPSA) is 52.1 Å². The number of aryl methyl sites for hydroxylation is 1. The number of hydrogen-bond donors (Lipinski definition) is 0. The van der Waals surface area contributed by atoms with Gasteiger partial charge < -0.3 is 4.74 Å². The summed E-state index contributed by atoms with van der Waals surface area (Å²) in [4.78, 5) is 19.7. The number of rotatable bonds is 6. The van der Waals surface area contributed by atoms with Gasteiger partial charge in [0.25, 0.3) is 0 Å². The van der Waals surface area contributed by atoms with E-state index in [1.807, 2.05) is 13.8 Å². The highest BCUT2D eigenvalue weighted by Gasteiger charge is 2.07. The van der Waals surface area contributed by atoms with Crippen LogP contribution in [0.5, 0.6) is 5.88 Å². The minimum absolute atomic E-state index is 0.265. The van der Waals surface area contributed by atoms with Crippen LogP contribution in [-0.4, -0.2) is 22.9 Å². The second-order valence-electron chi connectivity index (χ2n) is 4.15. The Balaban J connectivity index is 2.45. The van der Waals surface area contributed by atoms with Gasteiger partial charge in [-0.1, -0.05) is 13.8 Å². The van der Waals surface area contributed by atoms with E-state index in [0.717, 1.165) is 0 Å². The van der Waals surface area contributed by atoms with Crippen LogP contribution in [-0.2, 0) is 11.2 Å². The summed E-state index contributed by atoms with van der Waals surface area (Å²) in [7, 11) is 1.57. The number of carbonyl (C=O) groups is 1. The Labute approximate surface area is 96.1 Å². The largest absolute Gasteiger partial charge is 0.481 e. The number of ether oxygens (including phenoxy) is 1. The molecule has 16 heavy (non-hydrogen) atoms. The highest BCUT2D eigenvalue weighted by molar-refractivity contribution is 5.78. The molecule has 1 aromatic heterocycles. The third-order valence-electron chi connectivity index (χ3n) is 2.15. The van der Waals surface area contributed by atoms with Gasteiger partial charge >= 0.3 is 0 Å². The molecule has 0 amide bonds. The summed E-state index contributed by atoms with van der Waals surface area (Å²) in [5, 5.41) is 0. The van der Waals surface area contributed by atoms with Crippen LogP contribution in [0.1, 0.15) is 32.5 Å². The summed E-state index contributed by atoms with van der Waals surface area (Å²) in [6, 6.07) is 1.69. The van der Waals surface area contributed by atoms with E-state index in [1.165, 1.54) is 0 Å². The van der Waals surface area contributed by atoms with Gasteiger partial charge in [0.15, 0.2) is 0 Å². The van der Waals surface area contributed by atoms with E-state index in [0.29, 0.717) is 36.9 Å². The summed E-state index contributed by atoms with van der Waals surface area (Å²) in [6.07, 6.45) is 3.37. The van der Waals surface area contributed by atoms with Gasteiger partial charge in [-0.05, 0) is 5.92 Å². The van der Waals surface area contributed by atoms with Crippen molar-refractivity contribution >= 4 is 5.78 Å². The molecule has 1 heterocycles. The SMILES string of the molecule is COc1ccnc(CCC(=O)CC(C)C)n1. The monoisotopic (exact) mass is 222 g/mol. The zero-order chi connectivity index (χ0) is 12.0. The van der Waals surface area contributed by atoms with Crippen molar-refractivity contribution in [2.24, 2.45) is 5.92 Å². The first-order valence-corrected chi connectivity index (χ1v) is 5.49. The number of Topliss-reactive ketones (excluding diaryl/α,β-unsaturated/α-hetero) is 1. The molecule has 0 aliphatic carbocycles. The molecule has 0 atom stereocenters. The van der Waals surface area contributed by atoms with Gasteiger partial charge in [-0.3, -0.25) is 4.79 Å². The molecular formula is C12H18N2O2. The van der Waals surface area contributed by atoms with Gasteiger partial charge in [0, 0.05) is 31.5 Å². The second-order valence-corrected chi connectivity index (χ2v) is 4.15. The van der Waals surface area contributed by atoms with Crippen molar-refractivity contribution in [1.29, 1.82) is 0 Å². The Morgan fingerprint density at radius 1 is 1.50 bits per heavy atom. The number of hydrogen-bond acceptors (Lipinski definition) is 4. The highest BCUT2D eigenvalue weighted by Crippen LogP contribution is 2.08. The summed E-state index contributed by atoms with van der Waals surface area (Å²) < 4.78 is 4.99. The molecule has 4 heteroatoms. The fourth-order valence-electron chi connectivity index (χ4n) is 1.42. The Kier molecular flexibility index (Phi) is 4.89. The van der Waals surface area contributed by atoms with Crippen LogP contribution in [0.25, 0.3) is 0 Å². The molecule has 0 radical (unpaired) electrons. The van der Waals surface area contributed by atoms with Crippen LogP contribution in [0.2, 0.25) is 0 Å². The molecule has 0 aromatic carbocycles. The van der Waals surface area contributed by atoms with E-state index in [4.69, 9.17) is 4.74 Å². The fraction of sp³-hybridized carbons (Fsp3) is 0.583. The Hall–Kier alpha value is -1.45. The van der Waals surface area contributed by atoms with Crippen molar-refractivity contribution in [1.82, 2.24) is 9.97 Å². The maximum atomic E-state index is 11.5. The molecular weight excluding hydrogens is 204 g/mol. The standard InChI is InChI=1S/C12H18N2O2/c1-9(2)8-10(15)4-5-11-13-7-6-12(14-11)16-3/h6-7,9H,4-5,8H2,1-3H3. The van der Waals surface area contributed by atoms with Crippen molar-refractivity contribution < 1.29 is 9.53 Å². The Morgan fingerprint density at radius 2 is 2.25 bits per heavy atom. The average Bonchev–Trinajstić information content (AvgIpc) is 2.26. The smallest absolute Gasteiger partial charge is 0.216 e. The quantitative estimate of drug-likeness (QED) is 0.739. The maximum absolute atomic E-state index is 11.5. The van der Waals surface area contributed by atoms with E-state index < -0.39 is 0 Å². The molecule has 0 spiro atoms. The van der Waals surface area contributed by atoms with Gasteiger partial charge in [0.05, 0.1) is 7.11 Å². The molecule has 1 aromatic rings. The number of ketones is 1. The van der Waals surface area contributed by atoms with Crippen LogP contribution >= 0.6 is 0 Å². The van der Waals surface area contributed by atoms with E-state index >= 15 is 0 Å². The summed E-state index contributed by atoms with van der Waals surface area (Å²) >= 11 is 0. The third kappa shape index (κ3) is 4.38. The lowest BCUT2D eigenvalue weighted by molar-refractivity contribution is -0.119. The Morgan fingerprint density at radius 3 is 2.88 bits per heavy atom. The second kappa shape index (κ2) is 6.20. The first kappa shape index (κ1) is 12.6. The molecule has 4 nitrogen and oxygen atoms in total. The number of aromatic nitrogens is 2. The molecule has 0 saturated carbocycles. The number of methoxy groups -OCH3 is 1. The van der Waals surface area contributed by atoms with Crippen LogP contribution < -0.4 is 4.74 Å². The summed E-state index contributed by atoms with van der Waals surface area (Å²) in [6.45, 7) is 4.08. The maximum Gasteiger partial charge on any atom is 0.216 e. The fourth-order valence-corrected chi connectivity index (χ4v) is 1.42. The van der Waals surface area contributed by atoms with Gasteiger partial charge in [-0.15, -0.1) is 0 Å². The highest BCUT2D eigenvalue weighted by atomic mass is 16.5. The molecule has 0 saturated heterocycles. The number of nitrogens with zero attached hydrogens (tertiary/aromatic N) is 2. The zero-order valence-electron chi connectivity index (χ0n) is 10.1. The van der Waals surface area contributed by atoms with Gasteiger partial charge in [0.1, 0.15) is 11.6 Å². The van der Waals surface area contributed by atoms with Crippen LogP contribution in [0, 0.1) is 5.92 Å². The summed E-state index contributed by atoms with van der Waals surface area (Å²) in [5.74, 6) is 1.89. The first-order valence-electron chi connectivity index (χ1n) is 5.49. The third-order valence-corrected chi connectivity index (χ3v) is 2.15. The lowest BCUT2D eigenvalue weighted by Crippen LogP contribution is -2.06. The predicted octanol–water partition coefficient (Wildman–Crippen LogP) is 2.03. The number of carbonyl (C=O) groups excluding carboxylic acids is 1. The molecule has 0 fully saturated rings. The van der Waals surface area contributed by atoms with Crippen molar-refractivity contribution in [2.45, 2.75) is 33.1 Å². The van der Waals surface area contributed by atoms with Crippen LogP contribution in [0.15, 0.2) is 12.3 Å². The molecule has 0 unspecified atom stereocenters. The summed E-state index contributed by atoms with van der Waals surface area (Å²) in [5.41, 5.74) is 0. The first-order chi connectivity index (χ1) is 7.61. The van der Waals surface area contributed by atoms with Crippen molar-refractivity contribution in [3.63, 3.8) is 0 Å². The Bertz CT molecular complexity index is 351. The molecule has 1 rings (SSSR count). The average molecular weight is 222 g/mol. The van der Waals surface area contributed by atoms with E-state index in [9.17, 15) is 4.79 Å². The molecule has 0 aliphatic rings. The minimum Gasteiger partial charge on any atom is -0.481 e. The zero-order valence-corrected chi connectivity index (χ0v) is 10.1. The van der Waals surface area contributed by atoms with Crippen molar-refractivity contribution in [2.75, 3.05) is 7.11 Å². The predicted molar refractivity (Wildman–Crippen MR) is 61.4 cm³/mol. The van der Waals surface area contributed by atoms with E-state index in [-0.39, 0.29) is 5.78 Å². The van der Waals surface area contributed by atoms with E-state index in [1.54, 1.807) is 19.4 Å². The van der Waals surface area contributed by atoms with Gasteiger partial charge in [0.2, 0.25) is 5.88 Å². The molecule has 0 N–H and O–H groups in total. The van der Waals surface area contributed by atoms with Gasteiger partial charge in [-0.25, -0.2) is 4.98 Å². The van der Waals surface area contributed by atoms with Gasteiger partial charge in [-0.2, -0.15) is 4.98 Å². The lowest BCUT2D eigenvalue weighted by atomic mass is 10.0. The van der Waals surface area contributed by atoms with E-state index in [2.05, 4.69) is 9.97 Å². The molecule has 88 valence electrons.